The third-order valence-corrected chi connectivity index (χ3v) is 5.39. The van der Waals surface area contributed by atoms with E-state index in [-0.39, 0.29) is 11.8 Å². The van der Waals surface area contributed by atoms with Gasteiger partial charge in [0.05, 0.1) is 12.2 Å². The van der Waals surface area contributed by atoms with Crippen molar-refractivity contribution < 1.29 is 14.3 Å². The molecule has 1 aromatic rings. The molecule has 2 aliphatic rings. The molecule has 0 saturated heterocycles. The molecule has 1 unspecified atom stereocenters. The predicted octanol–water partition coefficient (Wildman–Crippen LogP) is 5.04. The predicted molar refractivity (Wildman–Crippen MR) is 106 cm³/mol. The van der Waals surface area contributed by atoms with Crippen LogP contribution in [0.25, 0.3) is 0 Å². The first kappa shape index (κ1) is 19.7. The van der Waals surface area contributed by atoms with Crippen molar-refractivity contribution in [3.63, 3.8) is 0 Å². The Morgan fingerprint density at radius 2 is 2.11 bits per heavy atom. The average molecular weight is 388 g/mol. The topological polar surface area (TPSA) is 55.4 Å². The van der Waals surface area contributed by atoms with E-state index in [1.165, 1.54) is 0 Å². The first-order valence-corrected chi connectivity index (χ1v) is 10.1. The summed E-state index contributed by atoms with van der Waals surface area (Å²) in [5.41, 5.74) is 3.74. The number of carbonyl (C=O) groups is 2. The van der Waals surface area contributed by atoms with Gasteiger partial charge in [-0.05, 0) is 43.9 Å². The standard InChI is InChI=1S/C22H26ClNO3/c1-3-4-5-12-27-22(26)19-14(2)24-17-10-7-11-18(25)21(17)20(19)15-8-6-9-16(23)13-15/h6,8-9,13,20,24H,3-5,7,10-12H2,1-2H3. The zero-order valence-electron chi connectivity index (χ0n) is 15.9. The van der Waals surface area contributed by atoms with Crippen molar-refractivity contribution in [1.29, 1.82) is 0 Å². The summed E-state index contributed by atoms with van der Waals surface area (Å²) in [6.45, 7) is 4.38. The van der Waals surface area contributed by atoms with Gasteiger partial charge >= 0.3 is 5.97 Å². The van der Waals surface area contributed by atoms with E-state index in [4.69, 9.17) is 16.3 Å². The first-order chi connectivity index (χ1) is 13.0. The third-order valence-electron chi connectivity index (χ3n) is 5.16. The number of unbranched alkanes of at least 4 members (excludes halogenated alkanes) is 2. The minimum absolute atomic E-state index is 0.0949. The molecule has 0 bridgehead atoms. The van der Waals surface area contributed by atoms with E-state index in [9.17, 15) is 9.59 Å². The number of Topliss-reactive ketones (excluding diaryl/α,β-unsaturated/α-hetero) is 1. The summed E-state index contributed by atoms with van der Waals surface area (Å²) in [6.07, 6.45) is 5.09. The highest BCUT2D eigenvalue weighted by molar-refractivity contribution is 6.30. The largest absolute Gasteiger partial charge is 0.462 e. The maximum Gasteiger partial charge on any atom is 0.336 e. The number of ketones is 1. The van der Waals surface area contributed by atoms with Crippen molar-refractivity contribution in [3.05, 3.63) is 57.4 Å². The molecule has 1 N–H and O–H groups in total. The molecule has 1 aliphatic carbocycles. The van der Waals surface area contributed by atoms with E-state index >= 15 is 0 Å². The maximum atomic E-state index is 12.9. The lowest BCUT2D eigenvalue weighted by atomic mass is 9.75. The number of carbonyl (C=O) groups excluding carboxylic acids is 2. The van der Waals surface area contributed by atoms with Gasteiger partial charge in [0.15, 0.2) is 5.78 Å². The smallest absolute Gasteiger partial charge is 0.336 e. The SMILES string of the molecule is CCCCCOC(=O)C1=C(C)NC2=C(C(=O)CCC2)C1c1cccc(Cl)c1. The number of benzene rings is 1. The molecule has 0 spiro atoms. The highest BCUT2D eigenvalue weighted by Gasteiger charge is 2.39. The van der Waals surface area contributed by atoms with E-state index < -0.39 is 5.92 Å². The average Bonchev–Trinajstić information content (AvgIpc) is 2.64. The van der Waals surface area contributed by atoms with Crippen LogP contribution in [0.1, 0.15) is 63.9 Å². The number of esters is 1. The lowest BCUT2D eigenvalue weighted by molar-refractivity contribution is -0.139. The van der Waals surface area contributed by atoms with E-state index in [1.54, 1.807) is 6.07 Å². The van der Waals surface area contributed by atoms with Crippen LogP contribution in [-0.4, -0.2) is 18.4 Å². The van der Waals surface area contributed by atoms with E-state index in [1.807, 2.05) is 25.1 Å². The minimum atomic E-state index is -0.425. The molecule has 4 nitrogen and oxygen atoms in total. The molecule has 3 rings (SSSR count). The number of hydrogen-bond acceptors (Lipinski definition) is 4. The third kappa shape index (κ3) is 4.27. The molecule has 1 atom stereocenters. The van der Waals surface area contributed by atoms with Crippen molar-refractivity contribution in [1.82, 2.24) is 5.32 Å². The number of rotatable bonds is 6. The van der Waals surface area contributed by atoms with E-state index in [2.05, 4.69) is 12.2 Å². The van der Waals surface area contributed by atoms with Crippen molar-refractivity contribution in [2.24, 2.45) is 0 Å². The Hall–Kier alpha value is -2.07. The summed E-state index contributed by atoms with van der Waals surface area (Å²) < 4.78 is 5.55. The molecule has 144 valence electrons. The van der Waals surface area contributed by atoms with Gasteiger partial charge in [-0.1, -0.05) is 43.5 Å². The summed E-state index contributed by atoms with van der Waals surface area (Å²) >= 11 is 6.21. The van der Waals surface area contributed by atoms with Crippen LogP contribution in [0.5, 0.6) is 0 Å². The fourth-order valence-corrected chi connectivity index (χ4v) is 4.07. The van der Waals surface area contributed by atoms with Gasteiger partial charge in [-0.25, -0.2) is 4.79 Å². The summed E-state index contributed by atoms with van der Waals surface area (Å²) in [4.78, 5) is 25.7. The molecule has 1 aliphatic heterocycles. The minimum Gasteiger partial charge on any atom is -0.462 e. The van der Waals surface area contributed by atoms with Gasteiger partial charge in [0, 0.05) is 34.3 Å². The second-order valence-electron chi connectivity index (χ2n) is 7.16. The Bertz CT molecular complexity index is 810. The zero-order chi connectivity index (χ0) is 19.4. The van der Waals surface area contributed by atoms with Crippen LogP contribution < -0.4 is 5.32 Å². The van der Waals surface area contributed by atoms with Crippen LogP contribution in [0.4, 0.5) is 0 Å². The Morgan fingerprint density at radius 3 is 2.85 bits per heavy atom. The second-order valence-corrected chi connectivity index (χ2v) is 7.60. The van der Waals surface area contributed by atoms with Crippen molar-refractivity contribution >= 4 is 23.4 Å². The Labute approximate surface area is 165 Å². The zero-order valence-corrected chi connectivity index (χ0v) is 16.7. The fourth-order valence-electron chi connectivity index (χ4n) is 3.87. The van der Waals surface area contributed by atoms with Crippen LogP contribution in [0, 0.1) is 0 Å². The van der Waals surface area contributed by atoms with Gasteiger partial charge in [-0.15, -0.1) is 0 Å². The van der Waals surface area contributed by atoms with Crippen LogP contribution >= 0.6 is 11.6 Å². The van der Waals surface area contributed by atoms with E-state index in [0.29, 0.717) is 29.2 Å². The highest BCUT2D eigenvalue weighted by atomic mass is 35.5. The summed E-state index contributed by atoms with van der Waals surface area (Å²) in [5, 5.41) is 3.89. The van der Waals surface area contributed by atoms with Gasteiger partial charge < -0.3 is 10.1 Å². The van der Waals surface area contributed by atoms with Gasteiger partial charge in [0.2, 0.25) is 0 Å². The molecule has 5 heteroatoms. The normalized spacial score (nSPS) is 19.7. The molecular formula is C22H26ClNO3. The molecule has 0 saturated carbocycles. The quantitative estimate of drug-likeness (QED) is 0.548. The molecule has 0 aromatic heterocycles. The summed E-state index contributed by atoms with van der Waals surface area (Å²) in [7, 11) is 0. The van der Waals surface area contributed by atoms with E-state index in [0.717, 1.165) is 49.1 Å². The number of nitrogens with one attached hydrogen (secondary N) is 1. The Morgan fingerprint density at radius 1 is 1.30 bits per heavy atom. The number of dihydropyridines is 1. The molecule has 1 heterocycles. The monoisotopic (exact) mass is 387 g/mol. The number of ether oxygens (including phenoxy) is 1. The van der Waals surface area contributed by atoms with Gasteiger partial charge in [-0.2, -0.15) is 0 Å². The fraction of sp³-hybridized carbons (Fsp3) is 0.455. The Kier molecular flexibility index (Phi) is 6.38. The molecule has 27 heavy (non-hydrogen) atoms. The van der Waals surface area contributed by atoms with Crippen LogP contribution in [-0.2, 0) is 14.3 Å². The summed E-state index contributed by atoms with van der Waals surface area (Å²) in [6, 6.07) is 7.41. The lowest BCUT2D eigenvalue weighted by Gasteiger charge is -2.34. The maximum absolute atomic E-state index is 12.9. The highest BCUT2D eigenvalue weighted by Crippen LogP contribution is 2.42. The second kappa shape index (κ2) is 8.75. The van der Waals surface area contributed by atoms with Crippen LogP contribution in [0.3, 0.4) is 0 Å². The molecule has 0 fully saturated rings. The van der Waals surface area contributed by atoms with Crippen molar-refractivity contribution in [2.75, 3.05) is 6.61 Å². The van der Waals surface area contributed by atoms with Gasteiger partial charge in [-0.3, -0.25) is 4.79 Å². The number of hydrogen-bond donors (Lipinski definition) is 1. The number of halogens is 1. The first-order valence-electron chi connectivity index (χ1n) is 9.69. The molecule has 0 amide bonds. The molecular weight excluding hydrogens is 362 g/mol. The molecule has 1 aromatic carbocycles. The van der Waals surface area contributed by atoms with Gasteiger partial charge in [0.25, 0.3) is 0 Å². The Balaban J connectivity index is 1.99. The van der Waals surface area contributed by atoms with Crippen LogP contribution in [0.2, 0.25) is 5.02 Å². The van der Waals surface area contributed by atoms with Crippen LogP contribution in [0.15, 0.2) is 46.8 Å². The van der Waals surface area contributed by atoms with Crippen molar-refractivity contribution in [3.8, 4) is 0 Å². The summed E-state index contributed by atoms with van der Waals surface area (Å²) in [5.74, 6) is -0.685. The number of allylic oxidation sites excluding steroid dienone is 3. The molecule has 0 radical (unpaired) electrons. The van der Waals surface area contributed by atoms with Crippen molar-refractivity contribution in [2.45, 2.75) is 58.3 Å². The van der Waals surface area contributed by atoms with Gasteiger partial charge in [0.1, 0.15) is 0 Å². The lowest BCUT2D eigenvalue weighted by Crippen LogP contribution is -2.34.